The molecule has 0 unspecified atom stereocenters. The Kier molecular flexibility index (Phi) is 11.0. The summed E-state index contributed by atoms with van der Waals surface area (Å²) in [5, 5.41) is 11.3. The van der Waals surface area contributed by atoms with Crippen LogP contribution in [0.3, 0.4) is 0 Å². The molecule has 0 radical (unpaired) electrons. The van der Waals surface area contributed by atoms with Crippen LogP contribution in [0.4, 0.5) is 4.79 Å². The van der Waals surface area contributed by atoms with Crippen molar-refractivity contribution < 1.29 is 24.0 Å². The fourth-order valence-electron chi connectivity index (χ4n) is 6.58. The van der Waals surface area contributed by atoms with Crippen LogP contribution in [0.5, 0.6) is 0 Å². The maximum atomic E-state index is 14.1. The number of urea groups is 1. The summed E-state index contributed by atoms with van der Waals surface area (Å²) < 4.78 is 0. The van der Waals surface area contributed by atoms with E-state index < -0.39 is 41.1 Å². The molecule has 2 saturated carbocycles. The number of likely N-dealkylation sites (tertiary alicyclic amines) is 1. The molecule has 1 heterocycles. The summed E-state index contributed by atoms with van der Waals surface area (Å²) in [5.74, 6) is -2.24. The lowest BCUT2D eigenvalue weighted by Gasteiger charge is -2.38. The molecule has 10 nitrogen and oxygen atoms in total. The van der Waals surface area contributed by atoms with Gasteiger partial charge in [0, 0.05) is 19.1 Å². The van der Waals surface area contributed by atoms with Crippen LogP contribution in [-0.4, -0.2) is 71.7 Å². The number of nitrogens with zero attached hydrogens (tertiary/aromatic N) is 1. The molecule has 1 aliphatic heterocycles. The van der Waals surface area contributed by atoms with Gasteiger partial charge in [0.2, 0.25) is 17.6 Å². The Bertz CT molecular complexity index is 1060. The quantitative estimate of drug-likeness (QED) is 0.149. The van der Waals surface area contributed by atoms with Gasteiger partial charge in [-0.25, -0.2) is 4.79 Å². The van der Waals surface area contributed by atoms with Gasteiger partial charge in [-0.2, -0.15) is 0 Å². The molecule has 5 amide bonds. The van der Waals surface area contributed by atoms with Gasteiger partial charge < -0.3 is 26.2 Å². The number of Topliss-reactive ketones (excluding diaryl/α,β-unsaturated/α-hetero) is 1. The smallest absolute Gasteiger partial charge is 0.315 e. The number of allylic oxidation sites excluding steroid dienone is 1. The minimum Gasteiger partial charge on any atom is -0.349 e. The number of fused-ring (bicyclic) bond motifs is 1. The van der Waals surface area contributed by atoms with Crippen LogP contribution in [0, 0.1) is 22.7 Å². The first-order valence-electron chi connectivity index (χ1n) is 15.5. The Morgan fingerprint density at radius 3 is 2.21 bits per heavy atom. The molecule has 0 aromatic carbocycles. The van der Waals surface area contributed by atoms with Crippen LogP contribution in [0.2, 0.25) is 0 Å². The van der Waals surface area contributed by atoms with E-state index in [1.807, 2.05) is 20.8 Å². The highest BCUT2D eigenvalue weighted by Crippen LogP contribution is 2.65. The second-order valence-corrected chi connectivity index (χ2v) is 13.8. The molecule has 2 aliphatic carbocycles. The molecule has 0 spiro atoms. The number of rotatable bonds is 13. The van der Waals surface area contributed by atoms with E-state index in [1.54, 1.807) is 17.1 Å². The Morgan fingerprint density at radius 2 is 1.62 bits per heavy atom. The second kappa shape index (κ2) is 13.9. The standard InChI is InChI=1S/C32H51N5O5/c1-8-10-17-22(25(38)28(40)33-18-11-9-2)35-27(39)24-23-21(32(23,6)7)19-37(24)29(41)26(31(3,4)5)36-30(42)34-20-15-13-12-14-16-20/h8-9,20-24,26H,1-2,10-19H2,3-7H3,(H,33,40)(H,35,39)(H2,34,36,42)/t21-,22-,23-,24-,26+/m0/s1. The monoisotopic (exact) mass is 585 g/mol. The van der Waals surface area contributed by atoms with Crippen LogP contribution in [-0.2, 0) is 19.2 Å². The zero-order valence-electron chi connectivity index (χ0n) is 26.1. The molecule has 5 atom stereocenters. The minimum absolute atomic E-state index is 0.0882. The van der Waals surface area contributed by atoms with Gasteiger partial charge >= 0.3 is 6.03 Å². The number of nitrogens with one attached hydrogen (secondary N) is 4. The zero-order valence-corrected chi connectivity index (χ0v) is 26.1. The molecule has 234 valence electrons. The van der Waals surface area contributed by atoms with Gasteiger partial charge in [0.25, 0.3) is 5.91 Å². The van der Waals surface area contributed by atoms with Crippen molar-refractivity contribution in [3.05, 3.63) is 25.3 Å². The van der Waals surface area contributed by atoms with Crippen molar-refractivity contribution >= 4 is 29.5 Å². The van der Waals surface area contributed by atoms with Crippen molar-refractivity contribution in [2.45, 2.75) is 110 Å². The number of carbonyl (C=O) groups excluding carboxylic acids is 5. The van der Waals surface area contributed by atoms with Crippen molar-refractivity contribution in [2.24, 2.45) is 22.7 Å². The lowest BCUT2D eigenvalue weighted by Crippen LogP contribution is -2.61. The van der Waals surface area contributed by atoms with Crippen LogP contribution in [0.15, 0.2) is 25.3 Å². The van der Waals surface area contributed by atoms with Gasteiger partial charge in [-0.3, -0.25) is 19.2 Å². The first-order chi connectivity index (χ1) is 19.7. The summed E-state index contributed by atoms with van der Waals surface area (Å²) in [4.78, 5) is 68.1. The van der Waals surface area contributed by atoms with Crippen LogP contribution < -0.4 is 21.3 Å². The van der Waals surface area contributed by atoms with Gasteiger partial charge in [0.1, 0.15) is 12.1 Å². The molecule has 3 rings (SSSR count). The first kappa shape index (κ1) is 33.3. The molecular formula is C32H51N5O5. The van der Waals surface area contributed by atoms with Crippen LogP contribution >= 0.6 is 0 Å². The van der Waals surface area contributed by atoms with Gasteiger partial charge in [-0.1, -0.05) is 66.0 Å². The average Bonchev–Trinajstić information content (AvgIpc) is 3.24. The Hall–Kier alpha value is -3.17. The summed E-state index contributed by atoms with van der Waals surface area (Å²) >= 11 is 0. The third kappa shape index (κ3) is 7.81. The molecule has 3 aliphatic rings. The summed E-state index contributed by atoms with van der Waals surface area (Å²) in [5.41, 5.74) is -0.763. The lowest BCUT2D eigenvalue weighted by molar-refractivity contribution is -0.145. The van der Waals surface area contributed by atoms with Gasteiger partial charge in [-0.15, -0.1) is 13.2 Å². The fourth-order valence-corrected chi connectivity index (χ4v) is 6.58. The summed E-state index contributed by atoms with van der Waals surface area (Å²) in [6.07, 6.45) is 9.58. The minimum atomic E-state index is -1.05. The lowest BCUT2D eigenvalue weighted by atomic mass is 9.85. The first-order valence-corrected chi connectivity index (χ1v) is 15.5. The van der Waals surface area contributed by atoms with Crippen LogP contribution in [0.25, 0.3) is 0 Å². The number of ketones is 1. The Labute approximate surface area is 250 Å². The summed E-state index contributed by atoms with van der Waals surface area (Å²) in [6.45, 7) is 17.8. The molecule has 3 fully saturated rings. The van der Waals surface area contributed by atoms with Crippen molar-refractivity contribution in [3.8, 4) is 0 Å². The highest BCUT2D eigenvalue weighted by Gasteiger charge is 2.69. The Balaban J connectivity index is 1.78. The largest absolute Gasteiger partial charge is 0.349 e. The molecule has 10 heteroatoms. The predicted octanol–water partition coefficient (Wildman–Crippen LogP) is 3.23. The van der Waals surface area contributed by atoms with Crippen LogP contribution in [0.1, 0.15) is 86.0 Å². The van der Waals surface area contributed by atoms with E-state index in [2.05, 4.69) is 48.3 Å². The van der Waals surface area contributed by atoms with Crippen molar-refractivity contribution in [3.63, 3.8) is 0 Å². The second-order valence-electron chi connectivity index (χ2n) is 13.8. The molecule has 0 bridgehead atoms. The van der Waals surface area contributed by atoms with Crippen molar-refractivity contribution in [1.29, 1.82) is 0 Å². The van der Waals surface area contributed by atoms with Crippen molar-refractivity contribution in [2.75, 3.05) is 13.1 Å². The number of piperidine rings is 1. The van der Waals surface area contributed by atoms with E-state index in [1.165, 1.54) is 6.42 Å². The normalized spacial score (nSPS) is 24.4. The molecule has 4 N–H and O–H groups in total. The summed E-state index contributed by atoms with van der Waals surface area (Å²) in [6, 6.07) is -3.00. The third-order valence-corrected chi connectivity index (χ3v) is 9.24. The van der Waals surface area contributed by atoms with E-state index in [-0.39, 0.29) is 48.2 Å². The van der Waals surface area contributed by atoms with E-state index >= 15 is 0 Å². The van der Waals surface area contributed by atoms with Gasteiger partial charge in [0.15, 0.2) is 0 Å². The van der Waals surface area contributed by atoms with Gasteiger partial charge in [-0.05, 0) is 54.8 Å². The maximum Gasteiger partial charge on any atom is 0.315 e. The SMILES string of the molecule is C=CCCNC(=O)C(=O)[C@H](CCC=C)NC(=O)[C@@H]1[C@@H]2[C@H](CN1C(=O)[C@@H](NC(=O)NC1CCCCC1)C(C)(C)C)C2(C)C. The van der Waals surface area contributed by atoms with Crippen molar-refractivity contribution in [1.82, 2.24) is 26.2 Å². The fraction of sp³-hybridized carbons (Fsp3) is 0.719. The number of hydrogen-bond donors (Lipinski definition) is 4. The molecule has 0 aromatic heterocycles. The third-order valence-electron chi connectivity index (χ3n) is 9.24. The Morgan fingerprint density at radius 1 is 0.976 bits per heavy atom. The molecular weight excluding hydrogens is 534 g/mol. The number of hydrogen-bond acceptors (Lipinski definition) is 5. The zero-order chi connectivity index (χ0) is 31.2. The number of amides is 5. The van der Waals surface area contributed by atoms with E-state index in [0.717, 1.165) is 25.7 Å². The highest BCUT2D eigenvalue weighted by molar-refractivity contribution is 6.38. The maximum absolute atomic E-state index is 14.1. The van der Waals surface area contributed by atoms with E-state index in [9.17, 15) is 24.0 Å². The molecule has 1 saturated heterocycles. The molecule has 0 aromatic rings. The van der Waals surface area contributed by atoms with E-state index in [4.69, 9.17) is 0 Å². The molecule has 42 heavy (non-hydrogen) atoms. The number of carbonyl (C=O) groups is 5. The topological polar surface area (TPSA) is 137 Å². The van der Waals surface area contributed by atoms with Gasteiger partial charge in [0.05, 0.1) is 6.04 Å². The average molecular weight is 586 g/mol. The van der Waals surface area contributed by atoms with E-state index in [0.29, 0.717) is 19.4 Å². The highest BCUT2D eigenvalue weighted by atomic mass is 16.2. The summed E-state index contributed by atoms with van der Waals surface area (Å²) in [7, 11) is 0. The predicted molar refractivity (Wildman–Crippen MR) is 162 cm³/mol.